The number of nitrogens with two attached hydrogens (primary N) is 1. The summed E-state index contributed by atoms with van der Waals surface area (Å²) in [6.07, 6.45) is 6.86. The minimum Gasteiger partial charge on any atom is -0.365 e. The first-order chi connectivity index (χ1) is 8.10. The van der Waals surface area contributed by atoms with E-state index in [-0.39, 0.29) is 0 Å². The molecule has 1 atom stereocenters. The maximum Gasteiger partial charge on any atom is 0.365 e. The van der Waals surface area contributed by atoms with Crippen molar-refractivity contribution in [1.82, 2.24) is 9.63 Å². The molecule has 94 valence electrons. The van der Waals surface area contributed by atoms with Gasteiger partial charge in [-0.1, -0.05) is 6.42 Å². The average Bonchev–Trinajstić information content (AvgIpc) is 2.84. The van der Waals surface area contributed by atoms with Crippen molar-refractivity contribution < 1.29 is 9.63 Å². The lowest BCUT2D eigenvalue weighted by Gasteiger charge is -2.30. The summed E-state index contributed by atoms with van der Waals surface area (Å²) in [6.45, 7) is 3.25. The van der Waals surface area contributed by atoms with Gasteiger partial charge in [-0.15, -0.1) is 5.06 Å². The first kappa shape index (κ1) is 12.1. The normalized spacial score (nSPS) is 20.8. The van der Waals surface area contributed by atoms with Crippen LogP contribution in [0.4, 0.5) is 0 Å². The van der Waals surface area contributed by atoms with Crippen molar-refractivity contribution in [2.24, 2.45) is 5.73 Å². The van der Waals surface area contributed by atoms with Gasteiger partial charge < -0.3 is 9.40 Å². The average molecular weight is 237 g/mol. The number of aromatic nitrogens is 1. The number of nitrogens with zero attached hydrogens (tertiary/aromatic N) is 2. The van der Waals surface area contributed by atoms with E-state index in [2.05, 4.69) is 0 Å². The van der Waals surface area contributed by atoms with E-state index in [0.717, 1.165) is 25.9 Å². The number of hydroxylamine groups is 2. The lowest BCUT2D eigenvalue weighted by atomic mass is 10.2. The molecule has 2 heterocycles. The van der Waals surface area contributed by atoms with Gasteiger partial charge in [0.2, 0.25) is 0 Å². The number of rotatable bonds is 3. The molecule has 1 aliphatic heterocycles. The molecule has 0 unspecified atom stereocenters. The van der Waals surface area contributed by atoms with Crippen LogP contribution in [0.15, 0.2) is 24.5 Å². The Hall–Kier alpha value is -1.33. The quantitative estimate of drug-likeness (QED) is 0.854. The van der Waals surface area contributed by atoms with Crippen molar-refractivity contribution in [1.29, 1.82) is 0 Å². The first-order valence-corrected chi connectivity index (χ1v) is 6.00. The molecule has 5 nitrogen and oxygen atoms in total. The number of carbonyl (C=O) groups excluding carboxylic acids is 1. The molecule has 0 bridgehead atoms. The Morgan fingerprint density at radius 2 is 1.82 bits per heavy atom. The zero-order valence-corrected chi connectivity index (χ0v) is 10.1. The molecular formula is C12H19N3O2. The minimum atomic E-state index is -1.15. The van der Waals surface area contributed by atoms with Gasteiger partial charge >= 0.3 is 5.97 Å². The Morgan fingerprint density at radius 3 is 2.41 bits per heavy atom. The van der Waals surface area contributed by atoms with Gasteiger partial charge in [0.1, 0.15) is 0 Å². The maximum atomic E-state index is 12.0. The molecule has 1 aromatic rings. The van der Waals surface area contributed by atoms with Crippen LogP contribution in [-0.2, 0) is 15.3 Å². The lowest BCUT2D eigenvalue weighted by molar-refractivity contribution is -0.204. The van der Waals surface area contributed by atoms with Crippen LogP contribution in [-0.4, -0.2) is 28.7 Å². The Kier molecular flexibility index (Phi) is 3.49. The first-order valence-electron chi connectivity index (χ1n) is 6.00. The molecule has 0 aromatic carbocycles. The zero-order chi connectivity index (χ0) is 12.3. The van der Waals surface area contributed by atoms with Crippen LogP contribution in [0.5, 0.6) is 0 Å². The van der Waals surface area contributed by atoms with Crippen LogP contribution < -0.4 is 5.73 Å². The van der Waals surface area contributed by atoms with E-state index in [1.807, 2.05) is 12.1 Å². The highest BCUT2D eigenvalue weighted by atomic mass is 16.7. The van der Waals surface area contributed by atoms with Crippen molar-refractivity contribution in [3.63, 3.8) is 0 Å². The summed E-state index contributed by atoms with van der Waals surface area (Å²) in [7, 11) is 0. The smallest absolute Gasteiger partial charge is 0.365 e. The third-order valence-corrected chi connectivity index (χ3v) is 3.08. The van der Waals surface area contributed by atoms with Crippen LogP contribution in [0.25, 0.3) is 0 Å². The summed E-state index contributed by atoms with van der Waals surface area (Å²) in [5.74, 6) is -0.421. The maximum absolute atomic E-state index is 12.0. The fourth-order valence-electron chi connectivity index (χ4n) is 1.92. The van der Waals surface area contributed by atoms with Crippen molar-refractivity contribution in [3.05, 3.63) is 24.5 Å². The minimum absolute atomic E-state index is 0.421. The summed E-state index contributed by atoms with van der Waals surface area (Å²) < 4.78 is 1.65. The predicted molar refractivity (Wildman–Crippen MR) is 63.8 cm³/mol. The number of piperidine rings is 1. The summed E-state index contributed by atoms with van der Waals surface area (Å²) in [4.78, 5) is 17.4. The monoisotopic (exact) mass is 237 g/mol. The van der Waals surface area contributed by atoms with E-state index in [0.29, 0.717) is 0 Å². The molecule has 2 rings (SSSR count). The van der Waals surface area contributed by atoms with Crippen LogP contribution >= 0.6 is 0 Å². The van der Waals surface area contributed by atoms with Gasteiger partial charge in [0, 0.05) is 25.5 Å². The third kappa shape index (κ3) is 2.68. The van der Waals surface area contributed by atoms with Crippen molar-refractivity contribution in [2.45, 2.75) is 31.8 Å². The molecule has 5 heteroatoms. The SMILES string of the molecule is C[C@](N)(C(=O)ON1CCCCC1)n1cccc1. The molecule has 1 aliphatic rings. The number of carbonyl (C=O) groups is 1. The molecule has 2 N–H and O–H groups in total. The van der Waals surface area contributed by atoms with Gasteiger partial charge in [-0.3, -0.25) is 5.73 Å². The van der Waals surface area contributed by atoms with E-state index in [1.165, 1.54) is 6.42 Å². The van der Waals surface area contributed by atoms with Crippen LogP contribution in [0, 0.1) is 0 Å². The Morgan fingerprint density at radius 1 is 1.24 bits per heavy atom. The largest absolute Gasteiger partial charge is 0.365 e. The molecule has 1 fully saturated rings. The van der Waals surface area contributed by atoms with Gasteiger partial charge in [0.15, 0.2) is 5.66 Å². The fourth-order valence-corrected chi connectivity index (χ4v) is 1.92. The molecule has 0 aliphatic carbocycles. The van der Waals surface area contributed by atoms with Gasteiger partial charge in [-0.2, -0.15) is 0 Å². The second-order valence-corrected chi connectivity index (χ2v) is 4.61. The highest BCUT2D eigenvalue weighted by Crippen LogP contribution is 2.15. The fraction of sp³-hybridized carbons (Fsp3) is 0.583. The molecule has 17 heavy (non-hydrogen) atoms. The van der Waals surface area contributed by atoms with Crippen LogP contribution in [0.1, 0.15) is 26.2 Å². The van der Waals surface area contributed by atoms with E-state index in [1.54, 1.807) is 28.9 Å². The lowest BCUT2D eigenvalue weighted by Crippen LogP contribution is -2.50. The summed E-state index contributed by atoms with van der Waals surface area (Å²) in [6, 6.07) is 3.67. The summed E-state index contributed by atoms with van der Waals surface area (Å²) in [5.41, 5.74) is 4.85. The number of hydrogen-bond acceptors (Lipinski definition) is 4. The second kappa shape index (κ2) is 4.89. The Labute approximate surface area is 101 Å². The topological polar surface area (TPSA) is 60.5 Å². The van der Waals surface area contributed by atoms with Crippen molar-refractivity contribution in [2.75, 3.05) is 13.1 Å². The molecule has 0 radical (unpaired) electrons. The van der Waals surface area contributed by atoms with E-state index >= 15 is 0 Å². The van der Waals surface area contributed by atoms with Gasteiger partial charge in [0.25, 0.3) is 0 Å². The standard InChI is InChI=1S/C12H19N3O2/c1-12(13,14-7-5-6-8-14)11(16)17-15-9-3-2-4-10-15/h5-8H,2-4,9-10,13H2,1H3/t12-/m1/s1. The molecule has 0 amide bonds. The molecular weight excluding hydrogens is 218 g/mol. The predicted octanol–water partition coefficient (Wildman–Crippen LogP) is 1.06. The van der Waals surface area contributed by atoms with Gasteiger partial charge in [-0.25, -0.2) is 4.79 Å². The molecule has 0 saturated carbocycles. The van der Waals surface area contributed by atoms with Crippen molar-refractivity contribution >= 4 is 5.97 Å². The Balaban J connectivity index is 1.99. The highest BCUT2D eigenvalue weighted by Gasteiger charge is 2.33. The highest BCUT2D eigenvalue weighted by molar-refractivity contribution is 5.77. The van der Waals surface area contributed by atoms with E-state index < -0.39 is 11.6 Å². The number of hydrogen-bond donors (Lipinski definition) is 1. The van der Waals surface area contributed by atoms with E-state index in [9.17, 15) is 4.79 Å². The van der Waals surface area contributed by atoms with E-state index in [4.69, 9.17) is 10.6 Å². The van der Waals surface area contributed by atoms with Crippen molar-refractivity contribution in [3.8, 4) is 0 Å². The molecule has 1 saturated heterocycles. The van der Waals surface area contributed by atoms with Gasteiger partial charge in [0.05, 0.1) is 0 Å². The molecule has 0 spiro atoms. The van der Waals surface area contributed by atoms with Crippen LogP contribution in [0.2, 0.25) is 0 Å². The van der Waals surface area contributed by atoms with Gasteiger partial charge in [-0.05, 0) is 31.9 Å². The summed E-state index contributed by atoms with van der Waals surface area (Å²) >= 11 is 0. The Bertz CT molecular complexity index is 367. The zero-order valence-electron chi connectivity index (χ0n) is 10.1. The van der Waals surface area contributed by atoms with Crippen LogP contribution in [0.3, 0.4) is 0 Å². The summed E-state index contributed by atoms with van der Waals surface area (Å²) in [5, 5.41) is 1.71. The molecule has 1 aromatic heterocycles. The second-order valence-electron chi connectivity index (χ2n) is 4.61. The third-order valence-electron chi connectivity index (χ3n) is 3.08.